The Hall–Kier alpha value is -1.91. The Labute approximate surface area is 266 Å². The zero-order valence-corrected chi connectivity index (χ0v) is 28.7. The highest BCUT2D eigenvalue weighted by atomic mass is 16.6. The van der Waals surface area contributed by atoms with Crippen LogP contribution in [-0.4, -0.2) is 23.0 Å². The quantitative estimate of drug-likeness (QED) is 0.0381. The van der Waals surface area contributed by atoms with Gasteiger partial charge >= 0.3 is 11.9 Å². The summed E-state index contributed by atoms with van der Waals surface area (Å²) in [4.78, 5) is 32.8. The molecule has 0 aromatic heterocycles. The summed E-state index contributed by atoms with van der Waals surface area (Å²) in [6.45, 7) is 5.61. The molecule has 5 nitrogen and oxygen atoms in total. The first-order valence-electron chi connectivity index (χ1n) is 18.2. The van der Waals surface area contributed by atoms with Crippen LogP contribution in [0.1, 0.15) is 201 Å². The van der Waals surface area contributed by atoms with E-state index in [0.29, 0.717) is 12.8 Å². The third kappa shape index (κ3) is 44.7. The van der Waals surface area contributed by atoms with E-state index in [4.69, 9.17) is 14.6 Å². The highest BCUT2D eigenvalue weighted by Crippen LogP contribution is 2.12. The summed E-state index contributed by atoms with van der Waals surface area (Å²) < 4.78 is 4.99. The van der Waals surface area contributed by atoms with Gasteiger partial charge in [0.25, 0.3) is 5.97 Å². The maximum absolute atomic E-state index is 11.9. The standard InChI is InChI=1S/C36H66O3.C2H4O2/c1-3-5-7-9-11-13-15-17-19-21-23-25-27-29-31-33-35(37)39-36(38)34-32-30-28-26-24-22-20-18-16-14-12-10-8-6-4-2;1-2(3)4/h17-20H,3-16,21-34H2,1-2H3;1H3,(H,3,4). The SMILES string of the molecule is CC(=O)O.CCCCCCCCC=CCCCCCCCC(=O)OC(=O)CCCCCCCC=CCCCCCCCC. The summed E-state index contributed by atoms with van der Waals surface area (Å²) in [5.74, 6) is -1.52. The van der Waals surface area contributed by atoms with E-state index >= 15 is 0 Å². The van der Waals surface area contributed by atoms with E-state index in [0.717, 1.165) is 45.4 Å². The van der Waals surface area contributed by atoms with Gasteiger partial charge in [-0.3, -0.25) is 14.4 Å². The van der Waals surface area contributed by atoms with Gasteiger partial charge in [0.1, 0.15) is 0 Å². The number of hydrogen-bond acceptors (Lipinski definition) is 4. The number of unbranched alkanes of at least 4 members (excludes halogenated alkanes) is 22. The Morgan fingerprint density at radius 2 is 0.674 bits per heavy atom. The first-order chi connectivity index (χ1) is 20.9. The molecule has 0 spiro atoms. The fraction of sp³-hybridized carbons (Fsp3) is 0.816. The average molecular weight is 607 g/mol. The molecule has 43 heavy (non-hydrogen) atoms. The van der Waals surface area contributed by atoms with E-state index in [9.17, 15) is 9.59 Å². The van der Waals surface area contributed by atoms with Crippen molar-refractivity contribution in [3.05, 3.63) is 24.3 Å². The lowest BCUT2D eigenvalue weighted by Gasteiger charge is -2.04. The first kappa shape index (κ1) is 43.2. The van der Waals surface area contributed by atoms with E-state index in [-0.39, 0.29) is 11.9 Å². The molecule has 0 bridgehead atoms. The van der Waals surface area contributed by atoms with Crippen LogP contribution < -0.4 is 0 Å². The largest absolute Gasteiger partial charge is 0.481 e. The fourth-order valence-electron chi connectivity index (χ4n) is 4.91. The molecule has 0 aliphatic heterocycles. The van der Waals surface area contributed by atoms with E-state index in [2.05, 4.69) is 38.2 Å². The number of aliphatic carboxylic acids is 1. The minimum Gasteiger partial charge on any atom is -0.481 e. The third-order valence-corrected chi connectivity index (χ3v) is 7.51. The Morgan fingerprint density at radius 3 is 0.953 bits per heavy atom. The van der Waals surface area contributed by atoms with E-state index in [1.165, 1.54) is 128 Å². The van der Waals surface area contributed by atoms with Crippen molar-refractivity contribution in [2.75, 3.05) is 0 Å². The molecule has 252 valence electrons. The van der Waals surface area contributed by atoms with Gasteiger partial charge < -0.3 is 9.84 Å². The van der Waals surface area contributed by atoms with Gasteiger partial charge in [-0.1, -0.05) is 141 Å². The molecule has 5 heteroatoms. The summed E-state index contributed by atoms with van der Waals surface area (Å²) in [6, 6.07) is 0. The van der Waals surface area contributed by atoms with Gasteiger partial charge in [-0.15, -0.1) is 0 Å². The van der Waals surface area contributed by atoms with Crippen molar-refractivity contribution in [2.24, 2.45) is 0 Å². The highest BCUT2D eigenvalue weighted by Gasteiger charge is 2.09. The Kier molecular flexibility index (Phi) is 38.3. The molecule has 0 amide bonds. The lowest BCUT2D eigenvalue weighted by atomic mass is 10.1. The number of allylic oxidation sites excluding steroid dienone is 4. The molecular weight excluding hydrogens is 536 g/mol. The fourth-order valence-corrected chi connectivity index (χ4v) is 4.91. The molecule has 0 saturated carbocycles. The Balaban J connectivity index is 0. The summed E-state index contributed by atoms with van der Waals surface area (Å²) >= 11 is 0. The second-order valence-corrected chi connectivity index (χ2v) is 12.0. The molecule has 0 heterocycles. The molecule has 1 N–H and O–H groups in total. The van der Waals surface area contributed by atoms with Crippen LogP contribution in [0.2, 0.25) is 0 Å². The summed E-state index contributed by atoms with van der Waals surface area (Å²) in [5.41, 5.74) is 0. The molecular formula is C38H70O5. The second-order valence-electron chi connectivity index (χ2n) is 12.0. The minimum atomic E-state index is -0.833. The molecule has 0 rings (SSSR count). The van der Waals surface area contributed by atoms with Gasteiger partial charge in [0.15, 0.2) is 0 Å². The van der Waals surface area contributed by atoms with Crippen LogP contribution >= 0.6 is 0 Å². The number of hydrogen-bond donors (Lipinski definition) is 1. The molecule has 0 atom stereocenters. The van der Waals surface area contributed by atoms with Gasteiger partial charge in [-0.25, -0.2) is 0 Å². The van der Waals surface area contributed by atoms with Crippen LogP contribution in [0.15, 0.2) is 24.3 Å². The van der Waals surface area contributed by atoms with E-state index in [1.54, 1.807) is 0 Å². The number of carboxylic acid groups (broad SMARTS) is 1. The van der Waals surface area contributed by atoms with Crippen molar-refractivity contribution in [3.63, 3.8) is 0 Å². The van der Waals surface area contributed by atoms with Gasteiger partial charge in [-0.05, 0) is 64.2 Å². The summed E-state index contributed by atoms with van der Waals surface area (Å²) in [6.07, 6.45) is 42.2. The predicted molar refractivity (Wildman–Crippen MR) is 183 cm³/mol. The van der Waals surface area contributed by atoms with Crippen LogP contribution in [-0.2, 0) is 19.1 Å². The summed E-state index contributed by atoms with van der Waals surface area (Å²) in [7, 11) is 0. The lowest BCUT2D eigenvalue weighted by Crippen LogP contribution is -2.11. The van der Waals surface area contributed by atoms with Crippen molar-refractivity contribution < 1.29 is 24.2 Å². The lowest BCUT2D eigenvalue weighted by molar-refractivity contribution is -0.159. The van der Waals surface area contributed by atoms with Gasteiger partial charge in [0, 0.05) is 19.8 Å². The molecule has 0 aliphatic carbocycles. The molecule has 0 saturated heterocycles. The Bertz CT molecular complexity index is 613. The number of rotatable bonds is 30. The van der Waals surface area contributed by atoms with Crippen molar-refractivity contribution in [1.29, 1.82) is 0 Å². The average Bonchev–Trinajstić information content (AvgIpc) is 2.96. The van der Waals surface area contributed by atoms with Crippen LogP contribution in [0.25, 0.3) is 0 Å². The van der Waals surface area contributed by atoms with E-state index in [1.807, 2.05) is 0 Å². The van der Waals surface area contributed by atoms with Crippen LogP contribution in [0.3, 0.4) is 0 Å². The molecule has 0 aromatic rings. The van der Waals surface area contributed by atoms with Gasteiger partial charge in [0.05, 0.1) is 0 Å². The van der Waals surface area contributed by atoms with Crippen LogP contribution in [0.5, 0.6) is 0 Å². The third-order valence-electron chi connectivity index (χ3n) is 7.51. The van der Waals surface area contributed by atoms with Gasteiger partial charge in [0.2, 0.25) is 0 Å². The monoisotopic (exact) mass is 607 g/mol. The zero-order chi connectivity index (χ0) is 32.1. The molecule has 0 unspecified atom stereocenters. The molecule has 0 radical (unpaired) electrons. The van der Waals surface area contributed by atoms with Crippen LogP contribution in [0.4, 0.5) is 0 Å². The highest BCUT2D eigenvalue weighted by molar-refractivity contribution is 5.85. The second kappa shape index (κ2) is 38.1. The normalized spacial score (nSPS) is 11.1. The van der Waals surface area contributed by atoms with Crippen LogP contribution in [0, 0.1) is 0 Å². The zero-order valence-electron chi connectivity index (χ0n) is 28.7. The van der Waals surface area contributed by atoms with Crippen molar-refractivity contribution in [2.45, 2.75) is 201 Å². The number of carbonyl (C=O) groups excluding carboxylic acids is 2. The molecule has 0 aliphatic rings. The van der Waals surface area contributed by atoms with Crippen molar-refractivity contribution >= 4 is 17.9 Å². The number of esters is 2. The number of carbonyl (C=O) groups is 3. The molecule has 0 aromatic carbocycles. The maximum atomic E-state index is 11.9. The van der Waals surface area contributed by atoms with E-state index < -0.39 is 5.97 Å². The number of carboxylic acids is 1. The first-order valence-corrected chi connectivity index (χ1v) is 18.2. The van der Waals surface area contributed by atoms with Crippen molar-refractivity contribution in [3.8, 4) is 0 Å². The predicted octanol–water partition coefficient (Wildman–Crippen LogP) is 12.2. The summed E-state index contributed by atoms with van der Waals surface area (Å²) in [5, 5.41) is 7.42. The smallest absolute Gasteiger partial charge is 0.313 e. The van der Waals surface area contributed by atoms with Crippen molar-refractivity contribution in [1.82, 2.24) is 0 Å². The maximum Gasteiger partial charge on any atom is 0.313 e. The minimum absolute atomic E-state index is 0.342. The topological polar surface area (TPSA) is 80.7 Å². The van der Waals surface area contributed by atoms with Gasteiger partial charge in [-0.2, -0.15) is 0 Å². The molecule has 0 fully saturated rings. The Morgan fingerprint density at radius 1 is 0.442 bits per heavy atom. The number of ether oxygens (including phenoxy) is 1.